The van der Waals surface area contributed by atoms with E-state index in [2.05, 4.69) is 15.6 Å². The third-order valence-corrected chi connectivity index (χ3v) is 2.73. The van der Waals surface area contributed by atoms with Crippen molar-refractivity contribution in [2.24, 2.45) is 4.99 Å². The molecular formula is C16H35IN4O3. The fourth-order valence-electron chi connectivity index (χ4n) is 1.79. The largest absolute Gasteiger partial charge is 0.444 e. The molecule has 0 aromatic heterocycles. The molecule has 1 amide bonds. The van der Waals surface area contributed by atoms with Crippen LogP contribution in [0.15, 0.2) is 4.99 Å². The Kier molecular flexibility index (Phi) is 15.5. The zero-order chi connectivity index (χ0) is 17.7. The predicted molar refractivity (Wildman–Crippen MR) is 109 cm³/mol. The van der Waals surface area contributed by atoms with Gasteiger partial charge < -0.3 is 25.0 Å². The first-order valence-corrected chi connectivity index (χ1v) is 8.33. The average Bonchev–Trinajstić information content (AvgIpc) is 2.44. The van der Waals surface area contributed by atoms with Crippen molar-refractivity contribution in [3.63, 3.8) is 0 Å². The summed E-state index contributed by atoms with van der Waals surface area (Å²) in [5.74, 6) is 0.727. The summed E-state index contributed by atoms with van der Waals surface area (Å²) < 4.78 is 10.4. The number of amides is 1. The molecule has 0 saturated carbocycles. The number of guanidine groups is 1. The van der Waals surface area contributed by atoms with Gasteiger partial charge in [-0.15, -0.1) is 24.0 Å². The number of halogens is 1. The van der Waals surface area contributed by atoms with Crippen LogP contribution in [0.1, 0.15) is 41.0 Å². The number of carbonyl (C=O) groups is 1. The van der Waals surface area contributed by atoms with Gasteiger partial charge in [-0.2, -0.15) is 0 Å². The Labute approximate surface area is 164 Å². The van der Waals surface area contributed by atoms with Crippen LogP contribution in [0.25, 0.3) is 0 Å². The number of carbonyl (C=O) groups excluding carboxylic acids is 1. The molecule has 0 rings (SSSR count). The van der Waals surface area contributed by atoms with Crippen molar-refractivity contribution in [1.82, 2.24) is 15.5 Å². The lowest BCUT2D eigenvalue weighted by Gasteiger charge is -2.27. The van der Waals surface area contributed by atoms with Crippen LogP contribution in [0.3, 0.4) is 0 Å². The Morgan fingerprint density at radius 1 is 1.17 bits per heavy atom. The van der Waals surface area contributed by atoms with Crippen LogP contribution in [0.5, 0.6) is 0 Å². The minimum atomic E-state index is -0.479. The van der Waals surface area contributed by atoms with Crippen LogP contribution in [-0.4, -0.2) is 69.0 Å². The van der Waals surface area contributed by atoms with Gasteiger partial charge in [-0.05, 0) is 34.1 Å². The topological polar surface area (TPSA) is 75.2 Å². The molecule has 144 valence electrons. The fourth-order valence-corrected chi connectivity index (χ4v) is 1.79. The normalized spacial score (nSPS) is 11.5. The monoisotopic (exact) mass is 458 g/mol. The number of hydrogen-bond acceptors (Lipinski definition) is 4. The van der Waals surface area contributed by atoms with Crippen molar-refractivity contribution >= 4 is 36.0 Å². The second kappa shape index (κ2) is 14.6. The lowest BCUT2D eigenvalue weighted by Crippen LogP contribution is -2.44. The van der Waals surface area contributed by atoms with E-state index in [1.54, 1.807) is 12.0 Å². The van der Waals surface area contributed by atoms with Crippen LogP contribution in [0, 0.1) is 0 Å². The van der Waals surface area contributed by atoms with Crippen molar-refractivity contribution in [3.8, 4) is 0 Å². The van der Waals surface area contributed by atoms with E-state index in [1.807, 2.05) is 34.6 Å². The summed E-state index contributed by atoms with van der Waals surface area (Å²) in [6, 6.07) is 0. The molecule has 0 saturated heterocycles. The van der Waals surface area contributed by atoms with E-state index in [9.17, 15) is 4.79 Å². The first kappa shape index (κ1) is 25.5. The summed E-state index contributed by atoms with van der Waals surface area (Å²) >= 11 is 0. The number of rotatable bonds is 9. The van der Waals surface area contributed by atoms with Gasteiger partial charge in [0.05, 0.1) is 13.2 Å². The second-order valence-corrected chi connectivity index (χ2v) is 6.15. The maximum absolute atomic E-state index is 12.2. The summed E-state index contributed by atoms with van der Waals surface area (Å²) in [7, 11) is 1.65. The molecule has 0 aromatic carbocycles. The van der Waals surface area contributed by atoms with Crippen molar-refractivity contribution in [2.45, 2.75) is 46.6 Å². The van der Waals surface area contributed by atoms with E-state index in [0.29, 0.717) is 32.8 Å². The van der Waals surface area contributed by atoms with Crippen molar-refractivity contribution in [1.29, 1.82) is 0 Å². The summed E-state index contributed by atoms with van der Waals surface area (Å²) in [6.45, 7) is 13.5. The van der Waals surface area contributed by atoms with E-state index < -0.39 is 5.60 Å². The highest BCUT2D eigenvalue weighted by Crippen LogP contribution is 2.09. The smallest absolute Gasteiger partial charge is 0.410 e. The van der Waals surface area contributed by atoms with Crippen LogP contribution in [-0.2, 0) is 9.47 Å². The summed E-state index contributed by atoms with van der Waals surface area (Å²) in [4.78, 5) is 18.3. The minimum absolute atomic E-state index is 0. The molecule has 2 N–H and O–H groups in total. The quantitative estimate of drug-likeness (QED) is 0.240. The Morgan fingerprint density at radius 2 is 1.83 bits per heavy atom. The Balaban J connectivity index is 0. The maximum atomic E-state index is 12.2. The van der Waals surface area contributed by atoms with Crippen LogP contribution >= 0.6 is 24.0 Å². The number of hydrogen-bond donors (Lipinski definition) is 2. The fraction of sp³-hybridized carbons (Fsp3) is 0.875. The number of ether oxygens (including phenoxy) is 2. The summed E-state index contributed by atoms with van der Waals surface area (Å²) in [5, 5.41) is 6.38. The molecule has 0 bridgehead atoms. The van der Waals surface area contributed by atoms with Gasteiger partial charge in [-0.1, -0.05) is 6.92 Å². The van der Waals surface area contributed by atoms with Gasteiger partial charge in [0.25, 0.3) is 0 Å². The maximum Gasteiger partial charge on any atom is 0.410 e. The molecule has 0 aliphatic heterocycles. The van der Waals surface area contributed by atoms with Gasteiger partial charge in [0.1, 0.15) is 5.60 Å². The predicted octanol–water partition coefficient (Wildman–Crippen LogP) is 2.45. The van der Waals surface area contributed by atoms with Gasteiger partial charge in [0.15, 0.2) is 5.96 Å². The van der Waals surface area contributed by atoms with Gasteiger partial charge in [-0.3, -0.25) is 4.99 Å². The van der Waals surface area contributed by atoms with Gasteiger partial charge >= 0.3 is 6.09 Å². The molecule has 0 aliphatic carbocycles. The first-order valence-electron chi connectivity index (χ1n) is 8.33. The third-order valence-electron chi connectivity index (χ3n) is 2.73. The highest BCUT2D eigenvalue weighted by Gasteiger charge is 2.21. The van der Waals surface area contributed by atoms with E-state index >= 15 is 0 Å². The Morgan fingerprint density at radius 3 is 2.33 bits per heavy atom. The van der Waals surface area contributed by atoms with E-state index in [0.717, 1.165) is 18.9 Å². The summed E-state index contributed by atoms with van der Waals surface area (Å²) in [6.07, 6.45) is 0.615. The molecule has 0 atom stereocenters. The Hall–Kier alpha value is -0.770. The highest BCUT2D eigenvalue weighted by atomic mass is 127. The number of methoxy groups -OCH3 is 1. The number of nitrogens with zero attached hydrogens (tertiary/aromatic N) is 2. The number of aliphatic imine (C=N–C) groups is 1. The zero-order valence-corrected chi connectivity index (χ0v) is 18.3. The molecule has 0 heterocycles. The van der Waals surface area contributed by atoms with Gasteiger partial charge in [0, 0.05) is 33.3 Å². The van der Waals surface area contributed by atoms with Crippen LogP contribution < -0.4 is 10.6 Å². The van der Waals surface area contributed by atoms with E-state index in [1.165, 1.54) is 0 Å². The minimum Gasteiger partial charge on any atom is -0.444 e. The zero-order valence-electron chi connectivity index (χ0n) is 16.0. The lowest BCUT2D eigenvalue weighted by molar-refractivity contribution is 0.0253. The lowest BCUT2D eigenvalue weighted by atomic mass is 10.2. The van der Waals surface area contributed by atoms with E-state index in [-0.39, 0.29) is 30.1 Å². The molecule has 0 aliphatic rings. The van der Waals surface area contributed by atoms with Crippen LogP contribution in [0.4, 0.5) is 4.79 Å². The second-order valence-electron chi connectivity index (χ2n) is 6.15. The van der Waals surface area contributed by atoms with Gasteiger partial charge in [-0.25, -0.2) is 4.79 Å². The first-order chi connectivity index (χ1) is 10.8. The van der Waals surface area contributed by atoms with E-state index in [4.69, 9.17) is 9.47 Å². The molecule has 7 nitrogen and oxygen atoms in total. The summed E-state index contributed by atoms with van der Waals surface area (Å²) in [5.41, 5.74) is -0.479. The molecule has 0 fully saturated rings. The molecule has 24 heavy (non-hydrogen) atoms. The standard InChI is InChI=1S/C16H34N4O3.HI/c1-7-11-20(15(21)23-16(3,4)5)12-9-18-14(17-8-2)19-10-13-22-6;/h7-13H2,1-6H3,(H2,17,18,19);1H. The number of nitrogens with one attached hydrogen (secondary N) is 2. The molecule has 8 heteroatoms. The van der Waals surface area contributed by atoms with Crippen molar-refractivity contribution in [2.75, 3.05) is 46.4 Å². The SMILES string of the molecule is CCCN(CCNC(=NCCOC)NCC)C(=O)OC(C)(C)C.I. The molecule has 0 unspecified atom stereocenters. The molecule has 0 aromatic rings. The Bertz CT molecular complexity index is 360. The molecule has 0 spiro atoms. The van der Waals surface area contributed by atoms with Crippen molar-refractivity contribution in [3.05, 3.63) is 0 Å². The molecule has 0 radical (unpaired) electrons. The van der Waals surface area contributed by atoms with Gasteiger partial charge in [0.2, 0.25) is 0 Å². The third kappa shape index (κ3) is 13.6. The molecular weight excluding hydrogens is 423 g/mol. The average molecular weight is 458 g/mol. The van der Waals surface area contributed by atoms with Crippen molar-refractivity contribution < 1.29 is 14.3 Å². The van der Waals surface area contributed by atoms with Crippen LogP contribution in [0.2, 0.25) is 0 Å². The highest BCUT2D eigenvalue weighted by molar-refractivity contribution is 14.0.